The van der Waals surface area contributed by atoms with E-state index in [-0.39, 0.29) is 18.3 Å². The Balaban J connectivity index is 0.00000240. The number of amides is 1. The van der Waals surface area contributed by atoms with Crippen LogP contribution in [0.5, 0.6) is 0 Å². The Hall–Kier alpha value is -2.19. The smallest absolute Gasteiger partial charge is 0.228 e. The molecule has 1 amide bonds. The van der Waals surface area contributed by atoms with Gasteiger partial charge in [-0.05, 0) is 25.1 Å². The van der Waals surface area contributed by atoms with E-state index in [1.165, 1.54) is 0 Å². The van der Waals surface area contributed by atoms with Crippen LogP contribution in [0.15, 0.2) is 29.0 Å². The lowest BCUT2D eigenvalue weighted by Gasteiger charge is -2.24. The van der Waals surface area contributed by atoms with Crippen LogP contribution in [-0.2, 0) is 17.9 Å². The third-order valence-corrected chi connectivity index (χ3v) is 5.41. The number of hydrogen-bond donors (Lipinski definition) is 0. The minimum atomic E-state index is -0.438. The number of imidazole rings is 1. The fraction of sp³-hybridized carbons (Fsp3) is 0.400. The molecule has 154 valence electrons. The normalized spacial score (nSPS) is 12.3. The summed E-state index contributed by atoms with van der Waals surface area (Å²) in [5.41, 5.74) is 3.62. The molecule has 2 aromatic heterocycles. The van der Waals surface area contributed by atoms with E-state index in [4.69, 9.17) is 10.1 Å². The van der Waals surface area contributed by atoms with Crippen molar-refractivity contribution in [3.05, 3.63) is 46.2 Å². The van der Waals surface area contributed by atoms with Gasteiger partial charge in [-0.3, -0.25) is 4.79 Å². The molecule has 0 saturated heterocycles. The van der Waals surface area contributed by atoms with Crippen LogP contribution in [0.1, 0.15) is 38.0 Å². The van der Waals surface area contributed by atoms with Crippen molar-refractivity contribution >= 4 is 34.2 Å². The topological polar surface area (TPSA) is 68.8 Å². The molecule has 0 spiro atoms. The lowest BCUT2D eigenvalue weighted by atomic mass is 9.95. The second-order valence-corrected chi connectivity index (χ2v) is 9.14. The minimum absolute atomic E-state index is 0. The number of carbonyl (C=O) groups excluding carboxylic acids is 1. The van der Waals surface area contributed by atoms with Crippen molar-refractivity contribution in [3.63, 3.8) is 0 Å². The number of carbonyl (C=O) groups is 1. The summed E-state index contributed by atoms with van der Waals surface area (Å²) in [7, 11) is 1.80. The van der Waals surface area contributed by atoms with Crippen LogP contribution in [0.25, 0.3) is 17.1 Å². The van der Waals surface area contributed by atoms with Crippen molar-refractivity contribution in [3.8, 4) is 17.1 Å². The molecular weight excluding hydrogens is 456 g/mol. The van der Waals surface area contributed by atoms with Gasteiger partial charge in [-0.15, -0.1) is 12.4 Å². The Morgan fingerprint density at radius 2 is 2.03 bits per heavy atom. The van der Waals surface area contributed by atoms with Gasteiger partial charge in [0.15, 0.2) is 11.6 Å². The molecule has 0 saturated carbocycles. The van der Waals surface area contributed by atoms with E-state index < -0.39 is 5.41 Å². The summed E-state index contributed by atoms with van der Waals surface area (Å²) in [5.74, 6) is 1.49. The SMILES string of the molecule is Cc1ncn2c1Cn1nc(CN(C)C(=O)C(C)(C)C)nc1-c1cc(Br)ccc1-2.Cl. The quantitative estimate of drug-likeness (QED) is 0.436. The first-order valence-electron chi connectivity index (χ1n) is 9.17. The summed E-state index contributed by atoms with van der Waals surface area (Å²) in [5, 5.41) is 4.72. The Morgan fingerprint density at radius 1 is 1.31 bits per heavy atom. The molecule has 9 heteroatoms. The number of rotatable bonds is 2. The van der Waals surface area contributed by atoms with Crippen LogP contribution in [0, 0.1) is 12.3 Å². The zero-order chi connectivity index (χ0) is 20.2. The molecule has 3 aromatic rings. The zero-order valence-electron chi connectivity index (χ0n) is 17.1. The fourth-order valence-corrected chi connectivity index (χ4v) is 3.88. The highest BCUT2D eigenvalue weighted by Crippen LogP contribution is 2.33. The largest absolute Gasteiger partial charge is 0.338 e. The summed E-state index contributed by atoms with van der Waals surface area (Å²) < 4.78 is 4.98. The fourth-order valence-electron chi connectivity index (χ4n) is 3.52. The third-order valence-electron chi connectivity index (χ3n) is 4.92. The van der Waals surface area contributed by atoms with Crippen molar-refractivity contribution in [1.82, 2.24) is 29.2 Å². The molecular formula is C20H24BrClN6O. The summed E-state index contributed by atoms with van der Waals surface area (Å²) in [4.78, 5) is 23.5. The molecule has 0 aliphatic carbocycles. The van der Waals surface area contributed by atoms with Gasteiger partial charge in [0.05, 0.1) is 36.5 Å². The second kappa shape index (κ2) is 7.57. The Morgan fingerprint density at radius 3 is 2.72 bits per heavy atom. The summed E-state index contributed by atoms with van der Waals surface area (Å²) >= 11 is 3.57. The molecule has 29 heavy (non-hydrogen) atoms. The van der Waals surface area contributed by atoms with Crippen molar-refractivity contribution in [1.29, 1.82) is 0 Å². The van der Waals surface area contributed by atoms with Gasteiger partial charge in [0, 0.05) is 22.5 Å². The van der Waals surface area contributed by atoms with Crippen molar-refractivity contribution in [2.45, 2.75) is 40.8 Å². The maximum atomic E-state index is 12.5. The molecule has 7 nitrogen and oxygen atoms in total. The first-order valence-corrected chi connectivity index (χ1v) is 9.97. The molecule has 0 atom stereocenters. The maximum Gasteiger partial charge on any atom is 0.228 e. The lowest BCUT2D eigenvalue weighted by Crippen LogP contribution is -2.36. The Labute approximate surface area is 184 Å². The van der Waals surface area contributed by atoms with E-state index in [9.17, 15) is 4.79 Å². The number of aryl methyl sites for hydroxylation is 1. The van der Waals surface area contributed by atoms with E-state index >= 15 is 0 Å². The van der Waals surface area contributed by atoms with Gasteiger partial charge in [0.1, 0.15) is 0 Å². The van der Waals surface area contributed by atoms with Gasteiger partial charge in [-0.25, -0.2) is 14.6 Å². The first kappa shape index (κ1) is 21.5. The highest BCUT2D eigenvalue weighted by Gasteiger charge is 2.28. The first-order chi connectivity index (χ1) is 13.1. The molecule has 3 heterocycles. The van der Waals surface area contributed by atoms with Gasteiger partial charge >= 0.3 is 0 Å². The van der Waals surface area contributed by atoms with Gasteiger partial charge in [0.2, 0.25) is 5.91 Å². The molecule has 0 unspecified atom stereocenters. The van der Waals surface area contributed by atoms with Crippen molar-refractivity contribution in [2.75, 3.05) is 7.05 Å². The Bertz CT molecular complexity index is 1080. The van der Waals surface area contributed by atoms with E-state index in [1.807, 2.05) is 50.8 Å². The monoisotopic (exact) mass is 478 g/mol. The van der Waals surface area contributed by atoms with E-state index in [0.717, 1.165) is 32.9 Å². The van der Waals surface area contributed by atoms with E-state index in [2.05, 4.69) is 31.5 Å². The highest BCUT2D eigenvalue weighted by atomic mass is 79.9. The van der Waals surface area contributed by atoms with Crippen molar-refractivity contribution in [2.24, 2.45) is 5.41 Å². The standard InChI is InChI=1S/C20H23BrN6O.ClH/c1-12-16-9-27-18(14-8-13(21)6-7-15(14)26(16)11-22-12)23-17(24-27)10-25(5)19(28)20(2,3)4;/h6-8,11H,9-10H2,1-5H3;1H. The van der Waals surface area contributed by atoms with Crippen LogP contribution in [0.4, 0.5) is 0 Å². The molecule has 0 fully saturated rings. The summed E-state index contributed by atoms with van der Waals surface area (Å²) in [6.45, 7) is 8.70. The number of fused-ring (bicyclic) bond motifs is 5. The summed E-state index contributed by atoms with van der Waals surface area (Å²) in [6, 6.07) is 6.12. The molecule has 1 aliphatic rings. The van der Waals surface area contributed by atoms with Gasteiger partial charge in [-0.1, -0.05) is 36.7 Å². The average Bonchev–Trinajstić information content (AvgIpc) is 3.14. The predicted octanol–water partition coefficient (Wildman–Crippen LogP) is 3.99. The summed E-state index contributed by atoms with van der Waals surface area (Å²) in [6.07, 6.45) is 1.85. The maximum absolute atomic E-state index is 12.5. The van der Waals surface area contributed by atoms with Gasteiger partial charge in [-0.2, -0.15) is 5.10 Å². The van der Waals surface area contributed by atoms with Gasteiger partial charge in [0.25, 0.3) is 0 Å². The van der Waals surface area contributed by atoms with E-state index in [1.54, 1.807) is 11.9 Å². The molecule has 0 bridgehead atoms. The van der Waals surface area contributed by atoms with Crippen LogP contribution < -0.4 is 0 Å². The Kier molecular flexibility index (Phi) is 5.62. The molecule has 1 aromatic carbocycles. The van der Waals surface area contributed by atoms with Crippen LogP contribution in [0.2, 0.25) is 0 Å². The van der Waals surface area contributed by atoms with Crippen LogP contribution >= 0.6 is 28.3 Å². The second-order valence-electron chi connectivity index (χ2n) is 8.23. The molecule has 0 radical (unpaired) electrons. The van der Waals surface area contributed by atoms with Crippen LogP contribution in [0.3, 0.4) is 0 Å². The number of nitrogens with zero attached hydrogens (tertiary/aromatic N) is 6. The predicted molar refractivity (Wildman–Crippen MR) is 117 cm³/mol. The zero-order valence-corrected chi connectivity index (χ0v) is 19.5. The number of benzene rings is 1. The number of halogens is 2. The van der Waals surface area contributed by atoms with E-state index in [0.29, 0.717) is 18.9 Å². The number of hydrogen-bond acceptors (Lipinski definition) is 4. The number of aromatic nitrogens is 5. The highest BCUT2D eigenvalue weighted by molar-refractivity contribution is 9.10. The van der Waals surface area contributed by atoms with Crippen LogP contribution in [-0.4, -0.2) is 42.2 Å². The molecule has 1 aliphatic heterocycles. The van der Waals surface area contributed by atoms with Crippen molar-refractivity contribution < 1.29 is 4.79 Å². The average molecular weight is 480 g/mol. The third kappa shape index (κ3) is 3.83. The lowest BCUT2D eigenvalue weighted by molar-refractivity contribution is -0.138. The minimum Gasteiger partial charge on any atom is -0.338 e. The molecule has 0 N–H and O–H groups in total. The van der Waals surface area contributed by atoms with Gasteiger partial charge < -0.3 is 9.47 Å². The molecule has 4 rings (SSSR count).